The summed E-state index contributed by atoms with van der Waals surface area (Å²) in [4.78, 5) is 4.38. The molecule has 5 aromatic rings. The van der Waals surface area contributed by atoms with Crippen LogP contribution in [-0.4, -0.2) is 24.9 Å². The number of nitrogens with one attached hydrogen (secondary N) is 2. The number of rotatable bonds is 4. The molecule has 0 unspecified atom stereocenters. The first-order valence-electron chi connectivity index (χ1n) is 8.33. The molecule has 0 bridgehead atoms. The Balaban J connectivity index is 1.45. The van der Waals surface area contributed by atoms with Gasteiger partial charge in [0.2, 0.25) is 0 Å². The van der Waals surface area contributed by atoms with E-state index in [-0.39, 0.29) is 0 Å². The van der Waals surface area contributed by atoms with Crippen LogP contribution in [-0.2, 0) is 6.54 Å². The zero-order valence-corrected chi connectivity index (χ0v) is 14.1. The zero-order chi connectivity index (χ0) is 17.5. The lowest BCUT2D eigenvalue weighted by molar-refractivity contribution is 0.389. The van der Waals surface area contributed by atoms with Gasteiger partial charge in [0.1, 0.15) is 17.0 Å². The van der Waals surface area contributed by atoms with E-state index in [4.69, 9.17) is 4.52 Å². The number of hydrogen-bond acceptors (Lipinski definition) is 5. The van der Waals surface area contributed by atoms with Crippen LogP contribution < -0.4 is 5.32 Å². The molecule has 2 N–H and O–H groups in total. The summed E-state index contributed by atoms with van der Waals surface area (Å²) in [6.07, 6.45) is 3.82. The minimum atomic E-state index is 0.682. The Morgan fingerprint density at radius 3 is 3.04 bits per heavy atom. The average molecular weight is 344 g/mol. The quantitative estimate of drug-likeness (QED) is 0.515. The summed E-state index contributed by atoms with van der Waals surface area (Å²) in [5.74, 6) is 1.54. The highest BCUT2D eigenvalue weighted by Gasteiger charge is 2.09. The second-order valence-electron chi connectivity index (χ2n) is 6.24. The van der Waals surface area contributed by atoms with Gasteiger partial charge in [-0.3, -0.25) is 10.1 Å². The third-order valence-electron chi connectivity index (χ3n) is 4.36. The molecular weight excluding hydrogens is 328 g/mol. The number of aromatic nitrogens is 5. The van der Waals surface area contributed by atoms with E-state index in [1.165, 1.54) is 0 Å². The Kier molecular flexibility index (Phi) is 3.24. The summed E-state index contributed by atoms with van der Waals surface area (Å²) in [7, 11) is 0. The molecule has 0 saturated carbocycles. The topological polar surface area (TPSA) is 84.6 Å². The van der Waals surface area contributed by atoms with Crippen molar-refractivity contribution in [3.63, 3.8) is 0 Å². The molecule has 0 fully saturated rings. The Morgan fingerprint density at radius 1 is 1.19 bits per heavy atom. The second-order valence-corrected chi connectivity index (χ2v) is 6.24. The van der Waals surface area contributed by atoms with Crippen LogP contribution in [0.4, 0.5) is 11.5 Å². The maximum absolute atomic E-state index is 5.15. The first-order valence-corrected chi connectivity index (χ1v) is 8.33. The van der Waals surface area contributed by atoms with Gasteiger partial charge in [0.05, 0.1) is 12.1 Å². The fraction of sp³-hybridized carbons (Fsp3) is 0.105. The van der Waals surface area contributed by atoms with Crippen molar-refractivity contribution in [1.82, 2.24) is 24.9 Å². The van der Waals surface area contributed by atoms with E-state index in [0.717, 1.165) is 44.9 Å². The highest BCUT2D eigenvalue weighted by atomic mass is 16.5. The normalized spacial score (nSPS) is 11.4. The van der Waals surface area contributed by atoms with Crippen LogP contribution >= 0.6 is 0 Å². The lowest BCUT2D eigenvalue weighted by atomic mass is 10.2. The van der Waals surface area contributed by atoms with Gasteiger partial charge >= 0.3 is 0 Å². The molecule has 0 saturated heterocycles. The molecule has 128 valence electrons. The summed E-state index contributed by atoms with van der Waals surface area (Å²) in [5.41, 5.74) is 4.75. The first kappa shape index (κ1) is 14.7. The van der Waals surface area contributed by atoms with Crippen LogP contribution in [0.15, 0.2) is 59.4 Å². The van der Waals surface area contributed by atoms with Crippen molar-refractivity contribution in [2.24, 2.45) is 0 Å². The summed E-state index contributed by atoms with van der Waals surface area (Å²) in [5, 5.41) is 15.8. The Labute approximate surface area is 148 Å². The standard InChI is InChI=1S/C19H16N6O/c1-12-9-15(24-26-12)11-25-8-6-13-10-14(4-5-17(13)25)21-19-18-16(22-23-19)3-2-7-20-18/h2-10H,11H2,1H3,(H2,21,22,23). The fourth-order valence-electron chi connectivity index (χ4n) is 3.16. The summed E-state index contributed by atoms with van der Waals surface area (Å²) in [6, 6.07) is 14.1. The molecule has 0 radical (unpaired) electrons. The van der Waals surface area contributed by atoms with Crippen molar-refractivity contribution in [3.8, 4) is 0 Å². The number of nitrogens with zero attached hydrogens (tertiary/aromatic N) is 4. The third-order valence-corrected chi connectivity index (χ3v) is 4.36. The maximum Gasteiger partial charge on any atom is 0.178 e. The molecule has 0 aliphatic rings. The van der Waals surface area contributed by atoms with Gasteiger partial charge < -0.3 is 14.4 Å². The minimum absolute atomic E-state index is 0.682. The molecule has 7 heteroatoms. The lowest BCUT2D eigenvalue weighted by Crippen LogP contribution is -1.98. The highest BCUT2D eigenvalue weighted by molar-refractivity contribution is 5.90. The number of H-pyrrole nitrogens is 1. The van der Waals surface area contributed by atoms with Crippen molar-refractivity contribution in [2.75, 3.05) is 5.32 Å². The molecule has 0 aliphatic heterocycles. The van der Waals surface area contributed by atoms with Crippen LogP contribution in [0.3, 0.4) is 0 Å². The van der Waals surface area contributed by atoms with Gasteiger partial charge in [-0.05, 0) is 43.3 Å². The number of anilines is 2. The number of benzene rings is 1. The average Bonchev–Trinajstić information content (AvgIpc) is 3.36. The molecule has 0 spiro atoms. The van der Waals surface area contributed by atoms with Gasteiger partial charge in [-0.2, -0.15) is 5.10 Å². The van der Waals surface area contributed by atoms with Crippen molar-refractivity contribution in [3.05, 3.63) is 66.3 Å². The summed E-state index contributed by atoms with van der Waals surface area (Å²) in [6.45, 7) is 2.58. The van der Waals surface area contributed by atoms with Crippen molar-refractivity contribution >= 4 is 33.4 Å². The first-order chi connectivity index (χ1) is 12.8. The van der Waals surface area contributed by atoms with Gasteiger partial charge in [0, 0.05) is 35.1 Å². The monoisotopic (exact) mass is 344 g/mol. The molecular formula is C19H16N6O. The van der Waals surface area contributed by atoms with Gasteiger partial charge in [-0.1, -0.05) is 5.16 Å². The van der Waals surface area contributed by atoms with Crippen LogP contribution in [0, 0.1) is 6.92 Å². The van der Waals surface area contributed by atoms with Gasteiger partial charge in [-0.25, -0.2) is 0 Å². The van der Waals surface area contributed by atoms with Crippen molar-refractivity contribution < 1.29 is 4.52 Å². The SMILES string of the molecule is Cc1cc(Cn2ccc3cc(Nc4n[nH]c5cccnc45)ccc32)no1. The molecule has 4 aromatic heterocycles. The van der Waals surface area contributed by atoms with Crippen LogP contribution in [0.1, 0.15) is 11.5 Å². The van der Waals surface area contributed by atoms with Crippen molar-refractivity contribution in [1.29, 1.82) is 0 Å². The van der Waals surface area contributed by atoms with E-state index in [1.807, 2.05) is 31.2 Å². The molecule has 0 amide bonds. The van der Waals surface area contributed by atoms with E-state index >= 15 is 0 Å². The van der Waals surface area contributed by atoms with E-state index in [9.17, 15) is 0 Å². The predicted molar refractivity (Wildman–Crippen MR) is 99.5 cm³/mol. The number of hydrogen-bond donors (Lipinski definition) is 2. The fourth-order valence-corrected chi connectivity index (χ4v) is 3.16. The number of pyridine rings is 1. The highest BCUT2D eigenvalue weighted by Crippen LogP contribution is 2.26. The Hall–Kier alpha value is -3.61. The van der Waals surface area contributed by atoms with Crippen LogP contribution in [0.25, 0.3) is 21.9 Å². The number of fused-ring (bicyclic) bond motifs is 2. The van der Waals surface area contributed by atoms with E-state index in [1.54, 1.807) is 6.20 Å². The number of aromatic amines is 1. The molecule has 7 nitrogen and oxygen atoms in total. The summed E-state index contributed by atoms with van der Waals surface area (Å²) >= 11 is 0. The van der Waals surface area contributed by atoms with E-state index < -0.39 is 0 Å². The molecule has 4 heterocycles. The van der Waals surface area contributed by atoms with Gasteiger partial charge in [0.15, 0.2) is 5.82 Å². The van der Waals surface area contributed by atoms with E-state index in [0.29, 0.717) is 6.54 Å². The molecule has 0 atom stereocenters. The Bertz CT molecular complexity index is 1220. The summed E-state index contributed by atoms with van der Waals surface area (Å²) < 4.78 is 7.30. The lowest BCUT2D eigenvalue weighted by Gasteiger charge is -2.06. The van der Waals surface area contributed by atoms with Gasteiger partial charge in [-0.15, -0.1) is 0 Å². The van der Waals surface area contributed by atoms with Gasteiger partial charge in [0.25, 0.3) is 0 Å². The molecule has 5 rings (SSSR count). The smallest absolute Gasteiger partial charge is 0.178 e. The minimum Gasteiger partial charge on any atom is -0.361 e. The Morgan fingerprint density at radius 2 is 2.15 bits per heavy atom. The van der Waals surface area contributed by atoms with Crippen molar-refractivity contribution in [2.45, 2.75) is 13.5 Å². The largest absolute Gasteiger partial charge is 0.361 e. The second kappa shape index (κ2) is 5.73. The van der Waals surface area contributed by atoms with Crippen LogP contribution in [0.5, 0.6) is 0 Å². The predicted octanol–water partition coefficient (Wildman–Crippen LogP) is 4.00. The van der Waals surface area contributed by atoms with Crippen LogP contribution in [0.2, 0.25) is 0 Å². The molecule has 1 aromatic carbocycles. The molecule has 26 heavy (non-hydrogen) atoms. The number of aryl methyl sites for hydroxylation is 1. The molecule has 0 aliphatic carbocycles. The zero-order valence-electron chi connectivity index (χ0n) is 14.1. The third kappa shape index (κ3) is 2.50. The van der Waals surface area contributed by atoms with E-state index in [2.05, 4.69) is 54.6 Å². The maximum atomic E-state index is 5.15.